The van der Waals surface area contributed by atoms with Crippen LogP contribution in [0.2, 0.25) is 0 Å². The number of hydrogen-bond donors (Lipinski definition) is 1. The summed E-state index contributed by atoms with van der Waals surface area (Å²) in [5.74, 6) is -1.80. The minimum absolute atomic E-state index is 0.0199. The lowest BCUT2D eigenvalue weighted by Crippen LogP contribution is -2.11. The van der Waals surface area contributed by atoms with Gasteiger partial charge in [-0.05, 0) is 28.1 Å². The van der Waals surface area contributed by atoms with Crippen molar-refractivity contribution in [2.45, 2.75) is 19.0 Å². The molecule has 1 rings (SSSR count). The molecule has 1 unspecified atom stereocenters. The second kappa shape index (κ2) is 7.06. The monoisotopic (exact) mass is 330 g/mol. The van der Waals surface area contributed by atoms with Crippen molar-refractivity contribution in [1.82, 2.24) is 0 Å². The van der Waals surface area contributed by atoms with E-state index in [9.17, 15) is 22.7 Å². The van der Waals surface area contributed by atoms with Gasteiger partial charge < -0.3 is 9.84 Å². The molecule has 0 aliphatic rings. The molecular weight excluding hydrogens is 320 g/mol. The molecule has 102 valence electrons. The van der Waals surface area contributed by atoms with Crippen LogP contribution in [0, 0.1) is 11.6 Å². The largest absolute Gasteiger partial charge is 0.388 e. The molecule has 2 nitrogen and oxygen atoms in total. The topological polar surface area (TPSA) is 29.5 Å². The number of halogens is 5. The van der Waals surface area contributed by atoms with E-state index in [2.05, 4.69) is 20.7 Å². The second-order valence-corrected chi connectivity index (χ2v) is 4.38. The summed E-state index contributed by atoms with van der Waals surface area (Å²) in [7, 11) is 0. The zero-order valence-corrected chi connectivity index (χ0v) is 10.8. The third-order valence-corrected chi connectivity index (χ3v) is 2.80. The number of benzene rings is 1. The standard InChI is InChI=1S/C11H11BrF4O2/c12-6-1-2-7(13)10(11(6)16)8(17)3-4-18-5-9(14)15/h1-2,8-9,17H,3-5H2. The summed E-state index contributed by atoms with van der Waals surface area (Å²) in [4.78, 5) is 0. The minimum Gasteiger partial charge on any atom is -0.388 e. The fourth-order valence-electron chi connectivity index (χ4n) is 1.36. The molecule has 0 aliphatic carbocycles. The Balaban J connectivity index is 2.61. The smallest absolute Gasteiger partial charge is 0.261 e. The van der Waals surface area contributed by atoms with Crippen molar-refractivity contribution in [2.75, 3.05) is 13.2 Å². The van der Waals surface area contributed by atoms with Crippen LogP contribution in [0.15, 0.2) is 16.6 Å². The van der Waals surface area contributed by atoms with Gasteiger partial charge in [-0.25, -0.2) is 17.6 Å². The number of aliphatic hydroxyl groups is 1. The van der Waals surface area contributed by atoms with Crippen molar-refractivity contribution in [3.63, 3.8) is 0 Å². The summed E-state index contributed by atoms with van der Waals surface area (Å²) in [5, 5.41) is 9.60. The lowest BCUT2D eigenvalue weighted by molar-refractivity contribution is 0.00410. The fourth-order valence-corrected chi connectivity index (χ4v) is 1.71. The first-order valence-electron chi connectivity index (χ1n) is 5.10. The maximum atomic E-state index is 13.5. The predicted molar refractivity (Wildman–Crippen MR) is 60.5 cm³/mol. The van der Waals surface area contributed by atoms with Crippen LogP contribution in [0.25, 0.3) is 0 Å². The molecule has 7 heteroatoms. The summed E-state index contributed by atoms with van der Waals surface area (Å²) in [6.07, 6.45) is -4.22. The number of hydrogen-bond acceptors (Lipinski definition) is 2. The van der Waals surface area contributed by atoms with Crippen molar-refractivity contribution >= 4 is 15.9 Å². The van der Waals surface area contributed by atoms with Crippen LogP contribution in [0.3, 0.4) is 0 Å². The van der Waals surface area contributed by atoms with Gasteiger partial charge in [0.25, 0.3) is 6.43 Å². The van der Waals surface area contributed by atoms with E-state index in [-0.39, 0.29) is 17.5 Å². The van der Waals surface area contributed by atoms with Gasteiger partial charge in [-0.3, -0.25) is 0 Å². The van der Waals surface area contributed by atoms with Crippen molar-refractivity contribution in [1.29, 1.82) is 0 Å². The van der Waals surface area contributed by atoms with Gasteiger partial charge in [-0.1, -0.05) is 0 Å². The minimum atomic E-state index is -2.61. The zero-order valence-electron chi connectivity index (χ0n) is 9.18. The molecule has 0 bridgehead atoms. The second-order valence-electron chi connectivity index (χ2n) is 3.53. The van der Waals surface area contributed by atoms with Crippen molar-refractivity contribution in [2.24, 2.45) is 0 Å². The van der Waals surface area contributed by atoms with Crippen LogP contribution in [-0.2, 0) is 4.74 Å². The predicted octanol–water partition coefficient (Wildman–Crippen LogP) is 3.43. The first-order valence-corrected chi connectivity index (χ1v) is 5.90. The molecule has 1 aromatic carbocycles. The SMILES string of the molecule is OC(CCOCC(F)F)c1c(F)ccc(Br)c1F. The molecule has 0 saturated carbocycles. The van der Waals surface area contributed by atoms with E-state index >= 15 is 0 Å². The quantitative estimate of drug-likeness (QED) is 0.492. The van der Waals surface area contributed by atoms with Crippen molar-refractivity contribution < 1.29 is 27.4 Å². The highest BCUT2D eigenvalue weighted by Gasteiger charge is 2.20. The third kappa shape index (κ3) is 4.22. The van der Waals surface area contributed by atoms with E-state index in [1.807, 2.05) is 0 Å². The molecular formula is C11H11BrF4O2. The van der Waals surface area contributed by atoms with Gasteiger partial charge >= 0.3 is 0 Å². The first-order chi connectivity index (χ1) is 8.43. The van der Waals surface area contributed by atoms with Crippen LogP contribution < -0.4 is 0 Å². The van der Waals surface area contributed by atoms with Gasteiger partial charge in [0.15, 0.2) is 0 Å². The van der Waals surface area contributed by atoms with E-state index in [0.717, 1.165) is 6.07 Å². The van der Waals surface area contributed by atoms with E-state index in [0.29, 0.717) is 0 Å². The Hall–Kier alpha value is -0.660. The Labute approximate surface area is 110 Å². The average molecular weight is 331 g/mol. The molecule has 1 aromatic rings. The molecule has 0 radical (unpaired) electrons. The van der Waals surface area contributed by atoms with Gasteiger partial charge in [0.2, 0.25) is 0 Å². The van der Waals surface area contributed by atoms with E-state index in [1.54, 1.807) is 0 Å². The Bertz CT molecular complexity index is 401. The molecule has 0 spiro atoms. The number of rotatable bonds is 6. The third-order valence-electron chi connectivity index (χ3n) is 2.19. The summed E-state index contributed by atoms with van der Waals surface area (Å²) in [5.41, 5.74) is -0.495. The van der Waals surface area contributed by atoms with Crippen LogP contribution in [0.4, 0.5) is 17.6 Å². The highest BCUT2D eigenvalue weighted by Crippen LogP contribution is 2.28. The maximum absolute atomic E-state index is 13.5. The Morgan fingerprint density at radius 1 is 1.28 bits per heavy atom. The molecule has 0 heterocycles. The molecule has 0 aromatic heterocycles. The first kappa shape index (κ1) is 15.4. The Morgan fingerprint density at radius 3 is 2.56 bits per heavy atom. The molecule has 0 amide bonds. The van der Waals surface area contributed by atoms with Gasteiger partial charge in [-0.2, -0.15) is 0 Å². The van der Waals surface area contributed by atoms with Crippen LogP contribution >= 0.6 is 15.9 Å². The summed E-state index contributed by atoms with van der Waals surface area (Å²) in [6.45, 7) is -0.979. The normalized spacial score (nSPS) is 13.1. The molecule has 1 atom stereocenters. The van der Waals surface area contributed by atoms with Gasteiger partial charge in [-0.15, -0.1) is 0 Å². The lowest BCUT2D eigenvalue weighted by atomic mass is 10.1. The number of aliphatic hydroxyl groups excluding tert-OH is 1. The van der Waals surface area contributed by atoms with E-state index in [4.69, 9.17) is 0 Å². The summed E-state index contributed by atoms with van der Waals surface area (Å²) >= 11 is 2.87. The molecule has 0 aliphatic heterocycles. The van der Waals surface area contributed by atoms with Crippen molar-refractivity contribution in [3.8, 4) is 0 Å². The van der Waals surface area contributed by atoms with Crippen LogP contribution in [-0.4, -0.2) is 24.7 Å². The van der Waals surface area contributed by atoms with Gasteiger partial charge in [0.1, 0.15) is 18.2 Å². The lowest BCUT2D eigenvalue weighted by Gasteiger charge is -2.13. The highest BCUT2D eigenvalue weighted by atomic mass is 79.9. The number of ether oxygens (including phenoxy) is 1. The molecule has 0 saturated heterocycles. The van der Waals surface area contributed by atoms with Crippen LogP contribution in [0.1, 0.15) is 18.1 Å². The van der Waals surface area contributed by atoms with Crippen molar-refractivity contribution in [3.05, 3.63) is 33.8 Å². The zero-order chi connectivity index (χ0) is 13.7. The number of alkyl halides is 2. The fraction of sp³-hybridized carbons (Fsp3) is 0.455. The summed E-state index contributed by atoms with van der Waals surface area (Å²) < 4.78 is 54.9. The van der Waals surface area contributed by atoms with Crippen LogP contribution in [0.5, 0.6) is 0 Å². The van der Waals surface area contributed by atoms with Gasteiger partial charge in [0, 0.05) is 13.0 Å². The average Bonchev–Trinajstić information content (AvgIpc) is 2.30. The Morgan fingerprint density at radius 2 is 1.94 bits per heavy atom. The molecule has 1 N–H and O–H groups in total. The van der Waals surface area contributed by atoms with E-state index in [1.165, 1.54) is 6.07 Å². The molecule has 0 fully saturated rings. The Kier molecular flexibility index (Phi) is 6.04. The maximum Gasteiger partial charge on any atom is 0.261 e. The summed E-state index contributed by atoms with van der Waals surface area (Å²) in [6, 6.07) is 2.18. The van der Waals surface area contributed by atoms with Gasteiger partial charge in [0.05, 0.1) is 16.1 Å². The highest BCUT2D eigenvalue weighted by molar-refractivity contribution is 9.10. The molecule has 18 heavy (non-hydrogen) atoms. The van der Waals surface area contributed by atoms with E-state index < -0.39 is 36.3 Å².